The lowest BCUT2D eigenvalue weighted by Gasteiger charge is -2.39. The highest BCUT2D eigenvalue weighted by Gasteiger charge is 2.43. The summed E-state index contributed by atoms with van der Waals surface area (Å²) in [7, 11) is 0. The summed E-state index contributed by atoms with van der Waals surface area (Å²) in [5.41, 5.74) is -0.521. The van der Waals surface area contributed by atoms with E-state index in [0.717, 1.165) is 31.7 Å². The van der Waals surface area contributed by atoms with Crippen LogP contribution in [0.1, 0.15) is 51.7 Å². The second-order valence-corrected chi connectivity index (χ2v) is 10.5. The van der Waals surface area contributed by atoms with Gasteiger partial charge in [0.1, 0.15) is 16.6 Å². The number of amides is 1. The molecule has 0 saturated carbocycles. The lowest BCUT2D eigenvalue weighted by molar-refractivity contribution is -0.145. The molecule has 2 aliphatic heterocycles. The van der Waals surface area contributed by atoms with Crippen LogP contribution in [0.3, 0.4) is 0 Å². The standard InChI is InChI=1S/C18H25F3N4O2.C5H2ClF3N2/c1-16(2,3)27-15(26)25-11-7-17(12-25)5-9-24(10-6-17)13-4-8-22-14(23-13)18(19,20)21;6-3-1-2-10-4(11-3)5(7,8)9/h4,8H,5-7,9-12H2,1-3H3;1-2H. The summed E-state index contributed by atoms with van der Waals surface area (Å²) in [6.07, 6.45) is -4.77. The Labute approximate surface area is 220 Å². The first kappa shape index (κ1) is 29.7. The predicted octanol–water partition coefficient (Wildman–Crippen LogP) is 5.87. The number of likely N-dealkylation sites (tertiary alicyclic amines) is 1. The van der Waals surface area contributed by atoms with Gasteiger partial charge in [-0.2, -0.15) is 26.3 Å². The highest BCUT2D eigenvalue weighted by Crippen LogP contribution is 2.41. The molecule has 1 amide bonds. The number of nitrogens with zero attached hydrogens (tertiary/aromatic N) is 6. The van der Waals surface area contributed by atoms with Crippen LogP contribution < -0.4 is 4.90 Å². The van der Waals surface area contributed by atoms with E-state index in [1.807, 2.05) is 25.7 Å². The van der Waals surface area contributed by atoms with Crippen molar-refractivity contribution < 1.29 is 35.9 Å². The molecule has 210 valence electrons. The largest absolute Gasteiger partial charge is 0.451 e. The monoisotopic (exact) mass is 568 g/mol. The van der Waals surface area contributed by atoms with Gasteiger partial charge in [-0.25, -0.2) is 24.7 Å². The zero-order chi connectivity index (χ0) is 28.4. The third-order valence-corrected chi connectivity index (χ3v) is 6.22. The highest BCUT2D eigenvalue weighted by atomic mass is 35.5. The molecule has 0 radical (unpaired) electrons. The van der Waals surface area contributed by atoms with Crippen LogP contribution in [-0.2, 0) is 17.1 Å². The zero-order valence-electron chi connectivity index (χ0n) is 20.9. The molecule has 0 atom stereocenters. The predicted molar refractivity (Wildman–Crippen MR) is 125 cm³/mol. The van der Waals surface area contributed by atoms with Gasteiger partial charge in [0.25, 0.3) is 0 Å². The molecule has 2 aromatic rings. The van der Waals surface area contributed by atoms with Crippen molar-refractivity contribution in [3.63, 3.8) is 0 Å². The van der Waals surface area contributed by atoms with Gasteiger partial charge in [-0.15, -0.1) is 0 Å². The van der Waals surface area contributed by atoms with Crippen LogP contribution in [0, 0.1) is 5.41 Å². The third kappa shape index (κ3) is 8.05. The molecule has 2 aliphatic rings. The van der Waals surface area contributed by atoms with Crippen molar-refractivity contribution >= 4 is 23.5 Å². The quantitative estimate of drug-likeness (QED) is 0.314. The number of carbonyl (C=O) groups is 1. The van der Waals surface area contributed by atoms with E-state index in [-0.39, 0.29) is 16.7 Å². The summed E-state index contributed by atoms with van der Waals surface area (Å²) in [5.74, 6) is -2.03. The van der Waals surface area contributed by atoms with Crippen molar-refractivity contribution in [3.8, 4) is 0 Å². The Morgan fingerprint density at radius 2 is 1.42 bits per heavy atom. The fourth-order valence-corrected chi connectivity index (χ4v) is 4.31. The van der Waals surface area contributed by atoms with E-state index < -0.39 is 29.6 Å². The van der Waals surface area contributed by atoms with Gasteiger partial charge in [0.15, 0.2) is 0 Å². The zero-order valence-corrected chi connectivity index (χ0v) is 21.7. The molecule has 0 aliphatic carbocycles. The number of piperidine rings is 1. The van der Waals surface area contributed by atoms with Crippen LogP contribution in [-0.4, -0.2) is 62.7 Å². The Morgan fingerprint density at radius 3 is 1.92 bits per heavy atom. The van der Waals surface area contributed by atoms with Gasteiger partial charge in [0, 0.05) is 38.6 Å². The van der Waals surface area contributed by atoms with Crippen LogP contribution in [0.15, 0.2) is 24.5 Å². The van der Waals surface area contributed by atoms with E-state index >= 15 is 0 Å². The average molecular weight is 569 g/mol. The fraction of sp³-hybridized carbons (Fsp3) is 0.609. The molecular formula is C23H27ClF6N6O2. The minimum Gasteiger partial charge on any atom is -0.444 e. The SMILES string of the molecule is CC(C)(C)OC(=O)N1CCC2(CCN(c3ccnc(C(F)(F)F)n3)CC2)C1.FC(F)(F)c1nccc(Cl)n1. The summed E-state index contributed by atoms with van der Waals surface area (Å²) in [4.78, 5) is 28.8. The van der Waals surface area contributed by atoms with Crippen molar-refractivity contribution in [2.45, 2.75) is 58.0 Å². The molecule has 0 bridgehead atoms. The van der Waals surface area contributed by atoms with Crippen molar-refractivity contribution in [3.05, 3.63) is 41.3 Å². The molecule has 4 heterocycles. The number of hydrogen-bond acceptors (Lipinski definition) is 7. The van der Waals surface area contributed by atoms with Crippen LogP contribution in [0.2, 0.25) is 5.15 Å². The van der Waals surface area contributed by atoms with E-state index in [0.29, 0.717) is 32.0 Å². The van der Waals surface area contributed by atoms with Crippen molar-refractivity contribution in [2.24, 2.45) is 5.41 Å². The molecule has 4 rings (SSSR count). The van der Waals surface area contributed by atoms with Crippen molar-refractivity contribution in [1.29, 1.82) is 0 Å². The summed E-state index contributed by atoms with van der Waals surface area (Å²) >= 11 is 5.20. The van der Waals surface area contributed by atoms with E-state index in [1.165, 1.54) is 12.1 Å². The van der Waals surface area contributed by atoms with Gasteiger partial charge < -0.3 is 14.5 Å². The lowest BCUT2D eigenvalue weighted by Crippen LogP contribution is -2.43. The minimum atomic E-state index is -4.55. The Hall–Kier alpha value is -2.90. The summed E-state index contributed by atoms with van der Waals surface area (Å²) in [6, 6.07) is 2.69. The number of rotatable bonds is 1. The second kappa shape index (κ2) is 11.1. The number of aromatic nitrogens is 4. The van der Waals surface area contributed by atoms with Crippen molar-refractivity contribution in [1.82, 2.24) is 24.8 Å². The van der Waals surface area contributed by atoms with Gasteiger partial charge in [-0.05, 0) is 57.6 Å². The van der Waals surface area contributed by atoms with E-state index in [2.05, 4.69) is 19.9 Å². The fourth-order valence-electron chi connectivity index (χ4n) is 4.17. The Morgan fingerprint density at radius 1 is 0.895 bits per heavy atom. The van der Waals surface area contributed by atoms with Gasteiger partial charge in [0.2, 0.25) is 11.6 Å². The Balaban J connectivity index is 0.000000304. The summed E-state index contributed by atoms with van der Waals surface area (Å²) in [6.45, 7) is 8.02. The first-order valence-electron chi connectivity index (χ1n) is 11.7. The molecule has 1 spiro atoms. The van der Waals surface area contributed by atoms with E-state index in [1.54, 1.807) is 4.90 Å². The second-order valence-electron chi connectivity index (χ2n) is 10.1. The number of halogens is 7. The number of ether oxygens (including phenoxy) is 1. The van der Waals surface area contributed by atoms with Gasteiger partial charge >= 0.3 is 18.4 Å². The van der Waals surface area contributed by atoms with Crippen LogP contribution in [0.4, 0.5) is 37.0 Å². The molecule has 2 aromatic heterocycles. The number of hydrogen-bond donors (Lipinski definition) is 0. The normalized spacial score (nSPS) is 17.7. The van der Waals surface area contributed by atoms with Gasteiger partial charge in [-0.1, -0.05) is 11.6 Å². The maximum absolute atomic E-state index is 12.8. The lowest BCUT2D eigenvalue weighted by atomic mass is 9.78. The summed E-state index contributed by atoms with van der Waals surface area (Å²) in [5, 5.41) is -0.215. The number of anilines is 1. The van der Waals surface area contributed by atoms with Crippen LogP contribution in [0.25, 0.3) is 0 Å². The van der Waals surface area contributed by atoms with Gasteiger partial charge in [0.05, 0.1) is 0 Å². The molecule has 0 aromatic carbocycles. The number of alkyl halides is 6. The number of carbonyl (C=O) groups excluding carboxylic acids is 1. The highest BCUT2D eigenvalue weighted by molar-refractivity contribution is 6.29. The molecule has 0 N–H and O–H groups in total. The molecular weight excluding hydrogens is 542 g/mol. The molecule has 2 fully saturated rings. The topological polar surface area (TPSA) is 84.3 Å². The summed E-state index contributed by atoms with van der Waals surface area (Å²) < 4.78 is 79.3. The average Bonchev–Trinajstić information content (AvgIpc) is 3.22. The minimum absolute atomic E-state index is 0.00723. The van der Waals surface area contributed by atoms with Crippen LogP contribution >= 0.6 is 11.6 Å². The Bertz CT molecular complexity index is 1120. The molecule has 2 saturated heterocycles. The van der Waals surface area contributed by atoms with Crippen LogP contribution in [0.5, 0.6) is 0 Å². The molecule has 0 unspecified atom stereocenters. The van der Waals surface area contributed by atoms with E-state index in [9.17, 15) is 31.1 Å². The molecule has 38 heavy (non-hydrogen) atoms. The molecule has 15 heteroatoms. The first-order chi connectivity index (χ1) is 17.5. The third-order valence-electron chi connectivity index (χ3n) is 6.01. The first-order valence-corrected chi connectivity index (χ1v) is 12.0. The molecule has 8 nitrogen and oxygen atoms in total. The maximum Gasteiger partial charge on any atom is 0.451 e. The Kier molecular flexibility index (Phi) is 8.64. The maximum atomic E-state index is 12.8. The van der Waals surface area contributed by atoms with Gasteiger partial charge in [-0.3, -0.25) is 0 Å². The smallest absolute Gasteiger partial charge is 0.444 e. The van der Waals surface area contributed by atoms with Crippen molar-refractivity contribution in [2.75, 3.05) is 31.1 Å². The van der Waals surface area contributed by atoms with E-state index in [4.69, 9.17) is 16.3 Å².